The van der Waals surface area contributed by atoms with E-state index in [1.807, 2.05) is 10.7 Å². The van der Waals surface area contributed by atoms with Crippen LogP contribution in [0.25, 0.3) is 0 Å². The molecule has 1 aromatic heterocycles. The van der Waals surface area contributed by atoms with E-state index in [1.54, 1.807) is 0 Å². The molecule has 0 N–H and O–H groups in total. The van der Waals surface area contributed by atoms with Gasteiger partial charge in [-0.15, -0.1) is 5.10 Å². The molecule has 0 spiro atoms. The van der Waals surface area contributed by atoms with Gasteiger partial charge in [-0.3, -0.25) is 9.80 Å². The minimum Gasteiger partial charge on any atom is -0.454 e. The topological polar surface area (TPSA) is 68.5 Å². The highest BCUT2D eigenvalue weighted by atomic mass is 16.7. The summed E-state index contributed by atoms with van der Waals surface area (Å²) < 4.78 is 12.9. The molecule has 0 radical (unpaired) electrons. The van der Waals surface area contributed by atoms with E-state index in [0.29, 0.717) is 6.79 Å². The van der Waals surface area contributed by atoms with Crippen LogP contribution in [0.1, 0.15) is 51.5 Å². The Morgan fingerprint density at radius 1 is 1.07 bits per heavy atom. The zero-order chi connectivity index (χ0) is 19.7. The van der Waals surface area contributed by atoms with Crippen molar-refractivity contribution in [2.45, 2.75) is 52.2 Å². The molecule has 2 aliphatic heterocycles. The van der Waals surface area contributed by atoms with Gasteiger partial charge in [0, 0.05) is 32.7 Å². The number of nitrogens with zero attached hydrogens (tertiary/aromatic N) is 6. The fourth-order valence-corrected chi connectivity index (χ4v) is 4.01. The monoisotopic (exact) mass is 386 g/mol. The molecule has 1 saturated heterocycles. The molecule has 2 aromatic rings. The molecule has 8 heteroatoms. The maximum Gasteiger partial charge on any atom is 0.231 e. The van der Waals surface area contributed by atoms with Crippen molar-refractivity contribution >= 4 is 0 Å². The van der Waals surface area contributed by atoms with Crippen LogP contribution in [0.15, 0.2) is 18.2 Å². The number of tetrazole rings is 1. The van der Waals surface area contributed by atoms with Gasteiger partial charge in [0.25, 0.3) is 0 Å². The summed E-state index contributed by atoms with van der Waals surface area (Å²) in [5, 5.41) is 12.6. The van der Waals surface area contributed by atoms with Gasteiger partial charge in [0.05, 0.1) is 11.6 Å². The highest BCUT2D eigenvalue weighted by Gasteiger charge is 2.31. The van der Waals surface area contributed by atoms with Crippen LogP contribution in [-0.2, 0) is 12.1 Å². The normalized spacial score (nSPS) is 19.1. The second-order valence-corrected chi connectivity index (χ2v) is 8.54. The lowest BCUT2D eigenvalue weighted by molar-refractivity contribution is 0.0819. The van der Waals surface area contributed by atoms with Crippen LogP contribution in [0.2, 0.25) is 0 Å². The Kier molecular flexibility index (Phi) is 5.25. The summed E-state index contributed by atoms with van der Waals surface area (Å²) in [5.41, 5.74) is 1.15. The zero-order valence-electron chi connectivity index (χ0n) is 17.3. The first-order chi connectivity index (χ1) is 13.5. The Morgan fingerprint density at radius 3 is 2.54 bits per heavy atom. The van der Waals surface area contributed by atoms with Crippen molar-refractivity contribution in [3.8, 4) is 11.5 Å². The predicted octanol–water partition coefficient (Wildman–Crippen LogP) is 2.43. The van der Waals surface area contributed by atoms with Crippen LogP contribution >= 0.6 is 0 Å². The molecule has 3 heterocycles. The molecular formula is C20H30N6O2. The smallest absolute Gasteiger partial charge is 0.231 e. The molecule has 0 aliphatic carbocycles. The third-order valence-corrected chi connectivity index (χ3v) is 5.50. The first-order valence-electron chi connectivity index (χ1n) is 10.1. The van der Waals surface area contributed by atoms with Crippen molar-refractivity contribution in [2.24, 2.45) is 0 Å². The van der Waals surface area contributed by atoms with E-state index in [-0.39, 0.29) is 11.6 Å². The van der Waals surface area contributed by atoms with Crippen molar-refractivity contribution in [2.75, 3.05) is 33.0 Å². The van der Waals surface area contributed by atoms with Crippen LogP contribution in [0.3, 0.4) is 0 Å². The highest BCUT2D eigenvalue weighted by molar-refractivity contribution is 5.44. The molecular weight excluding hydrogens is 356 g/mol. The summed E-state index contributed by atoms with van der Waals surface area (Å²) in [5.74, 6) is 2.67. The maximum atomic E-state index is 5.50. The summed E-state index contributed by atoms with van der Waals surface area (Å²) in [6.45, 7) is 14.0. The van der Waals surface area contributed by atoms with Gasteiger partial charge in [0.15, 0.2) is 17.3 Å². The lowest BCUT2D eigenvalue weighted by Gasteiger charge is -2.39. The first kappa shape index (κ1) is 19.1. The lowest BCUT2D eigenvalue weighted by atomic mass is 10.1. The largest absolute Gasteiger partial charge is 0.454 e. The van der Waals surface area contributed by atoms with Crippen molar-refractivity contribution in [3.05, 3.63) is 29.6 Å². The maximum absolute atomic E-state index is 5.50. The number of hydrogen-bond donors (Lipinski definition) is 0. The molecule has 1 atom stereocenters. The molecule has 0 amide bonds. The van der Waals surface area contributed by atoms with Crippen molar-refractivity contribution < 1.29 is 9.47 Å². The Hall–Kier alpha value is -2.19. The van der Waals surface area contributed by atoms with E-state index in [2.05, 4.69) is 65.2 Å². The Bertz CT molecular complexity index is 807. The van der Waals surface area contributed by atoms with Gasteiger partial charge < -0.3 is 9.47 Å². The van der Waals surface area contributed by atoms with Crippen molar-refractivity contribution in [1.29, 1.82) is 0 Å². The quantitative estimate of drug-likeness (QED) is 0.782. The van der Waals surface area contributed by atoms with Crippen LogP contribution in [0, 0.1) is 0 Å². The Labute approximate surface area is 166 Å². The van der Waals surface area contributed by atoms with Gasteiger partial charge >= 0.3 is 0 Å². The number of aromatic nitrogens is 4. The standard InChI is InChI=1S/C20H30N6O2/c1-5-16(19-21-22-23-26(19)20(2,3)4)25-10-8-24(9-11-25)13-15-6-7-17-18(12-15)28-14-27-17/h6-7,12,16H,5,8-11,13-14H2,1-4H3. The fraction of sp³-hybridized carbons (Fsp3) is 0.650. The highest BCUT2D eigenvalue weighted by Crippen LogP contribution is 2.33. The van der Waals surface area contributed by atoms with Gasteiger partial charge in [-0.1, -0.05) is 13.0 Å². The predicted molar refractivity (Wildman–Crippen MR) is 105 cm³/mol. The SMILES string of the molecule is CCC(c1nnnn1C(C)(C)C)N1CCN(Cc2ccc3c(c2)OCO3)CC1. The average molecular weight is 387 g/mol. The second kappa shape index (κ2) is 7.67. The third kappa shape index (κ3) is 3.84. The van der Waals surface area contributed by atoms with Crippen LogP contribution in [0.4, 0.5) is 0 Å². The minimum atomic E-state index is -0.118. The van der Waals surface area contributed by atoms with E-state index < -0.39 is 0 Å². The van der Waals surface area contributed by atoms with E-state index >= 15 is 0 Å². The minimum absolute atomic E-state index is 0.118. The van der Waals surface area contributed by atoms with E-state index in [1.165, 1.54) is 5.56 Å². The van der Waals surface area contributed by atoms with Crippen LogP contribution in [-0.4, -0.2) is 63.0 Å². The summed E-state index contributed by atoms with van der Waals surface area (Å²) in [4.78, 5) is 5.01. The Balaban J connectivity index is 1.39. The zero-order valence-corrected chi connectivity index (χ0v) is 17.3. The van der Waals surface area contributed by atoms with Crippen LogP contribution in [0.5, 0.6) is 11.5 Å². The number of piperazine rings is 1. The summed E-state index contributed by atoms with van der Waals surface area (Å²) >= 11 is 0. The molecule has 1 unspecified atom stereocenters. The number of benzene rings is 1. The van der Waals surface area contributed by atoms with Gasteiger partial charge in [-0.2, -0.15) is 0 Å². The number of rotatable bonds is 5. The molecule has 2 aliphatic rings. The average Bonchev–Trinajstić information content (AvgIpc) is 3.32. The molecule has 0 saturated carbocycles. The molecule has 28 heavy (non-hydrogen) atoms. The van der Waals surface area contributed by atoms with E-state index in [9.17, 15) is 0 Å². The van der Waals surface area contributed by atoms with Gasteiger partial charge in [0.2, 0.25) is 6.79 Å². The first-order valence-corrected chi connectivity index (χ1v) is 10.1. The number of hydrogen-bond acceptors (Lipinski definition) is 7. The number of ether oxygens (including phenoxy) is 2. The lowest BCUT2D eigenvalue weighted by Crippen LogP contribution is -2.48. The molecule has 8 nitrogen and oxygen atoms in total. The summed E-state index contributed by atoms with van der Waals surface area (Å²) in [6, 6.07) is 6.49. The molecule has 1 fully saturated rings. The van der Waals surface area contributed by atoms with Crippen molar-refractivity contribution in [3.63, 3.8) is 0 Å². The van der Waals surface area contributed by atoms with Crippen molar-refractivity contribution in [1.82, 2.24) is 30.0 Å². The van der Waals surface area contributed by atoms with Gasteiger partial charge in [0.1, 0.15) is 0 Å². The van der Waals surface area contributed by atoms with E-state index in [4.69, 9.17) is 9.47 Å². The van der Waals surface area contributed by atoms with E-state index in [0.717, 1.165) is 56.5 Å². The van der Waals surface area contributed by atoms with Gasteiger partial charge in [-0.25, -0.2) is 4.68 Å². The summed E-state index contributed by atoms with van der Waals surface area (Å²) in [6.07, 6.45) is 0.999. The molecule has 152 valence electrons. The molecule has 1 aromatic carbocycles. The summed E-state index contributed by atoms with van der Waals surface area (Å²) in [7, 11) is 0. The number of fused-ring (bicyclic) bond motifs is 1. The Morgan fingerprint density at radius 2 is 1.82 bits per heavy atom. The van der Waals surface area contributed by atoms with Crippen LogP contribution < -0.4 is 9.47 Å². The fourth-order valence-electron chi connectivity index (χ4n) is 4.01. The third-order valence-electron chi connectivity index (χ3n) is 5.50. The second-order valence-electron chi connectivity index (χ2n) is 8.54. The van der Waals surface area contributed by atoms with Gasteiger partial charge in [-0.05, 0) is 55.3 Å². The molecule has 4 rings (SSSR count). The molecule has 0 bridgehead atoms.